The minimum atomic E-state index is -0.184. The third-order valence-corrected chi connectivity index (χ3v) is 10.4. The molecule has 0 atom stereocenters. The highest BCUT2D eigenvalue weighted by Gasteiger charge is 2.14. The number of unbranched alkanes of at least 4 members (excludes halogenated alkanes) is 2. The maximum Gasteiger partial charge on any atom is 0.259 e. The quantitative estimate of drug-likeness (QED) is 0.0452. The van der Waals surface area contributed by atoms with Crippen LogP contribution in [0.15, 0.2) is 153 Å². The van der Waals surface area contributed by atoms with Gasteiger partial charge in [-0.15, -0.1) is 0 Å². The third-order valence-electron chi connectivity index (χ3n) is 9.34. The zero-order valence-corrected chi connectivity index (χ0v) is 34.9. The Morgan fingerprint density at radius 3 is 1.35 bits per heavy atom. The smallest absolute Gasteiger partial charge is 0.259 e. The first-order valence-electron chi connectivity index (χ1n) is 19.1. The van der Waals surface area contributed by atoms with Gasteiger partial charge in [-0.1, -0.05) is 117 Å². The lowest BCUT2D eigenvalue weighted by Gasteiger charge is -2.24. The predicted molar refractivity (Wildman–Crippen MR) is 241 cm³/mol. The molecular weight excluding hydrogens is 844 g/mol. The fraction of sp³-hybridized carbons (Fsp3) is 0.217. The van der Waals surface area contributed by atoms with E-state index in [0.29, 0.717) is 26.3 Å². The number of carbonyl (C=O) groups excluding carboxylic acids is 2. The summed E-state index contributed by atoms with van der Waals surface area (Å²) in [5.74, 6) is -0.368. The standard InChI is InChI=1S/C46H46Br2N6O3/c47-41-19-13-35(14-20-41)31-49-51-45(55)33-53(43-23-17-37-9-1-3-11-39(37)29-43)25-5-7-27-57-28-8-6-26-54(44-24-18-38-10-2-4-12-40(38)30-44)34-46(56)52-50-32-36-15-21-42(48)22-16-36/h1-4,9-24,29-32H,5-8,25-28,33-34H2,(H,51,55)(H,52,56)/b49-31-,50-32-. The third kappa shape index (κ3) is 13.4. The molecule has 0 saturated heterocycles. The highest BCUT2D eigenvalue weighted by molar-refractivity contribution is 9.10. The average Bonchev–Trinajstić information content (AvgIpc) is 3.23. The van der Waals surface area contributed by atoms with E-state index in [0.717, 1.165) is 78.7 Å². The van der Waals surface area contributed by atoms with E-state index in [1.165, 1.54) is 0 Å². The molecular formula is C46H46Br2N6O3. The van der Waals surface area contributed by atoms with Crippen molar-refractivity contribution < 1.29 is 14.3 Å². The lowest BCUT2D eigenvalue weighted by Crippen LogP contribution is -2.36. The van der Waals surface area contributed by atoms with Crippen LogP contribution in [0.25, 0.3) is 21.5 Å². The lowest BCUT2D eigenvalue weighted by molar-refractivity contribution is -0.120. The van der Waals surface area contributed by atoms with Crippen LogP contribution in [0.4, 0.5) is 11.4 Å². The van der Waals surface area contributed by atoms with Crippen molar-refractivity contribution in [1.82, 2.24) is 10.9 Å². The van der Waals surface area contributed by atoms with Gasteiger partial charge in [-0.3, -0.25) is 9.59 Å². The topological polar surface area (TPSA) is 98.6 Å². The van der Waals surface area contributed by atoms with E-state index in [9.17, 15) is 9.59 Å². The maximum atomic E-state index is 13.0. The molecule has 0 saturated carbocycles. The largest absolute Gasteiger partial charge is 0.381 e. The van der Waals surface area contributed by atoms with E-state index in [4.69, 9.17) is 4.74 Å². The van der Waals surface area contributed by atoms with Crippen LogP contribution in [0.1, 0.15) is 36.8 Å². The van der Waals surface area contributed by atoms with Crippen LogP contribution < -0.4 is 20.7 Å². The molecule has 0 aliphatic heterocycles. The number of nitrogens with one attached hydrogen (secondary N) is 2. The molecule has 6 aromatic carbocycles. The molecule has 0 heterocycles. The normalized spacial score (nSPS) is 11.4. The average molecular weight is 891 g/mol. The molecule has 0 aromatic heterocycles. The zero-order chi connectivity index (χ0) is 39.7. The van der Waals surface area contributed by atoms with Gasteiger partial charge in [0.1, 0.15) is 0 Å². The van der Waals surface area contributed by atoms with E-state index in [2.05, 4.69) is 123 Å². The summed E-state index contributed by atoms with van der Waals surface area (Å²) in [5.41, 5.74) is 9.14. The van der Waals surface area contributed by atoms with Crippen LogP contribution in [0, 0.1) is 0 Å². The van der Waals surface area contributed by atoms with E-state index in [-0.39, 0.29) is 24.9 Å². The van der Waals surface area contributed by atoms with Gasteiger partial charge >= 0.3 is 0 Å². The molecule has 2 amide bonds. The molecule has 0 spiro atoms. The second kappa shape index (κ2) is 21.8. The summed E-state index contributed by atoms with van der Waals surface area (Å²) in [7, 11) is 0. The summed E-state index contributed by atoms with van der Waals surface area (Å²) in [6, 6.07) is 44.5. The number of carbonyl (C=O) groups is 2. The van der Waals surface area contributed by atoms with Crippen LogP contribution in [0.5, 0.6) is 0 Å². The van der Waals surface area contributed by atoms with Gasteiger partial charge in [-0.2, -0.15) is 10.2 Å². The number of hydrazone groups is 2. The molecule has 0 unspecified atom stereocenters. The van der Waals surface area contributed by atoms with Crippen LogP contribution in [0.3, 0.4) is 0 Å². The Morgan fingerprint density at radius 2 is 0.930 bits per heavy atom. The molecule has 0 radical (unpaired) electrons. The molecule has 2 N–H and O–H groups in total. The Balaban J connectivity index is 0.963. The zero-order valence-electron chi connectivity index (χ0n) is 31.7. The van der Waals surface area contributed by atoms with E-state index >= 15 is 0 Å². The number of ether oxygens (including phenoxy) is 1. The van der Waals surface area contributed by atoms with Gasteiger partial charge in [0.05, 0.1) is 25.5 Å². The number of rotatable bonds is 20. The number of benzene rings is 6. The summed E-state index contributed by atoms with van der Waals surface area (Å²) in [5, 5.41) is 12.9. The van der Waals surface area contributed by atoms with Gasteiger partial charge in [0.25, 0.3) is 11.8 Å². The van der Waals surface area contributed by atoms with Gasteiger partial charge < -0.3 is 14.5 Å². The Kier molecular flexibility index (Phi) is 15.8. The monoisotopic (exact) mass is 888 g/mol. The Hall–Kier alpha value is -5.36. The Labute approximate surface area is 351 Å². The molecule has 0 bridgehead atoms. The Bertz CT molecular complexity index is 2120. The first-order chi connectivity index (χ1) is 27.9. The predicted octanol–water partition coefficient (Wildman–Crippen LogP) is 9.71. The summed E-state index contributed by atoms with van der Waals surface area (Å²) < 4.78 is 8.02. The van der Waals surface area contributed by atoms with Crippen molar-refractivity contribution in [1.29, 1.82) is 0 Å². The van der Waals surface area contributed by atoms with Gasteiger partial charge in [0.15, 0.2) is 0 Å². The minimum Gasteiger partial charge on any atom is -0.381 e. The van der Waals surface area contributed by atoms with Crippen LogP contribution in [0.2, 0.25) is 0 Å². The van der Waals surface area contributed by atoms with Gasteiger partial charge in [0, 0.05) is 46.6 Å². The van der Waals surface area contributed by atoms with E-state index < -0.39 is 0 Å². The minimum absolute atomic E-state index is 0.181. The summed E-state index contributed by atoms with van der Waals surface area (Å²) in [4.78, 5) is 30.2. The van der Waals surface area contributed by atoms with Crippen molar-refractivity contribution in [2.24, 2.45) is 10.2 Å². The van der Waals surface area contributed by atoms with Crippen LogP contribution in [-0.4, -0.2) is 63.6 Å². The molecule has 6 rings (SSSR count). The number of halogens is 2. The van der Waals surface area contributed by atoms with Crippen molar-refractivity contribution >= 4 is 89.0 Å². The molecule has 0 aliphatic rings. The number of fused-ring (bicyclic) bond motifs is 2. The van der Waals surface area contributed by atoms with Crippen molar-refractivity contribution in [3.63, 3.8) is 0 Å². The molecule has 6 aromatic rings. The van der Waals surface area contributed by atoms with Crippen LogP contribution in [-0.2, 0) is 14.3 Å². The number of nitrogens with zero attached hydrogens (tertiary/aromatic N) is 4. The van der Waals surface area contributed by atoms with Crippen molar-refractivity contribution in [3.8, 4) is 0 Å². The molecule has 0 aliphatic carbocycles. The first kappa shape index (κ1) is 41.3. The molecule has 0 fully saturated rings. The summed E-state index contributed by atoms with van der Waals surface area (Å²) >= 11 is 6.87. The fourth-order valence-electron chi connectivity index (χ4n) is 6.33. The van der Waals surface area contributed by atoms with Gasteiger partial charge in [-0.05, 0) is 107 Å². The fourth-order valence-corrected chi connectivity index (χ4v) is 6.86. The number of anilines is 2. The summed E-state index contributed by atoms with van der Waals surface area (Å²) in [6.07, 6.45) is 6.72. The highest BCUT2D eigenvalue weighted by Crippen LogP contribution is 2.24. The van der Waals surface area contributed by atoms with Crippen molar-refractivity contribution in [3.05, 3.63) is 154 Å². The molecule has 9 nitrogen and oxygen atoms in total. The summed E-state index contributed by atoms with van der Waals surface area (Å²) in [6.45, 7) is 3.01. The number of hydrogen-bond acceptors (Lipinski definition) is 7. The SMILES string of the molecule is O=C(CN(CCCCOCCCCN(CC(=O)N/N=C\c1ccc(Br)cc1)c1ccc2ccccc2c1)c1ccc2ccccc2c1)N/N=C\c1ccc(Br)cc1. The second-order valence-corrected chi connectivity index (χ2v) is 15.5. The van der Waals surface area contributed by atoms with E-state index in [1.54, 1.807) is 12.4 Å². The van der Waals surface area contributed by atoms with Gasteiger partial charge in [0.2, 0.25) is 0 Å². The molecule has 11 heteroatoms. The van der Waals surface area contributed by atoms with E-state index in [1.807, 2.05) is 72.8 Å². The first-order valence-corrected chi connectivity index (χ1v) is 20.7. The highest BCUT2D eigenvalue weighted by atomic mass is 79.9. The van der Waals surface area contributed by atoms with Gasteiger partial charge in [-0.25, -0.2) is 10.9 Å². The van der Waals surface area contributed by atoms with Crippen molar-refractivity contribution in [2.75, 3.05) is 49.2 Å². The molecule has 57 heavy (non-hydrogen) atoms. The maximum absolute atomic E-state index is 13.0. The second-order valence-electron chi connectivity index (χ2n) is 13.6. The number of amides is 2. The molecule has 292 valence electrons. The Morgan fingerprint density at radius 1 is 0.526 bits per heavy atom. The lowest BCUT2D eigenvalue weighted by atomic mass is 10.1. The van der Waals surface area contributed by atoms with Crippen molar-refractivity contribution in [2.45, 2.75) is 25.7 Å². The number of hydrogen-bond donors (Lipinski definition) is 2. The van der Waals surface area contributed by atoms with Crippen LogP contribution >= 0.6 is 31.9 Å².